The minimum absolute atomic E-state index is 0.0361. The number of nitrogens with zero attached hydrogens (tertiary/aromatic N) is 1. The number of halogens is 2. The van der Waals surface area contributed by atoms with Crippen LogP contribution in [0, 0.1) is 5.82 Å². The molecule has 2 unspecified atom stereocenters. The summed E-state index contributed by atoms with van der Waals surface area (Å²) in [6.45, 7) is 0. The third-order valence-electron chi connectivity index (χ3n) is 4.15. The Hall–Kier alpha value is -0.690. The Labute approximate surface area is 122 Å². The first-order valence-corrected chi connectivity index (χ1v) is 8.45. The molecule has 3 rings (SSSR count). The third-order valence-corrected chi connectivity index (χ3v) is 6.43. The molecular weight excluding hydrogens is 303 g/mol. The van der Waals surface area contributed by atoms with E-state index >= 15 is 0 Å². The summed E-state index contributed by atoms with van der Waals surface area (Å²) < 4.78 is 40.8. The number of hydrogen-bond acceptors (Lipinski definition) is 3. The summed E-state index contributed by atoms with van der Waals surface area (Å²) in [4.78, 5) is -0.297. The monoisotopic (exact) mass is 318 g/mol. The van der Waals surface area contributed by atoms with Crippen LogP contribution >= 0.6 is 11.6 Å². The van der Waals surface area contributed by atoms with Crippen LogP contribution in [0.5, 0.6) is 0 Å². The maximum Gasteiger partial charge on any atom is 0.246 e. The Balaban J connectivity index is 2.01. The van der Waals surface area contributed by atoms with E-state index in [1.807, 2.05) is 0 Å². The van der Waals surface area contributed by atoms with Crippen LogP contribution in [0.3, 0.4) is 0 Å². The van der Waals surface area contributed by atoms with Crippen LogP contribution in [0.25, 0.3) is 0 Å². The first-order valence-electron chi connectivity index (χ1n) is 6.64. The molecule has 0 saturated carbocycles. The van der Waals surface area contributed by atoms with E-state index in [0.29, 0.717) is 12.8 Å². The second-order valence-electron chi connectivity index (χ2n) is 5.53. The lowest BCUT2D eigenvalue weighted by molar-refractivity contribution is 0.226. The number of rotatable bonds is 2. The Morgan fingerprint density at radius 3 is 2.40 bits per heavy atom. The minimum Gasteiger partial charge on any atom is -0.328 e. The van der Waals surface area contributed by atoms with Crippen molar-refractivity contribution in [1.82, 2.24) is 4.31 Å². The lowest BCUT2D eigenvalue weighted by atomic mass is 10.0. The van der Waals surface area contributed by atoms with Crippen LogP contribution in [0.1, 0.15) is 25.7 Å². The first kappa shape index (κ1) is 14.3. The summed E-state index contributed by atoms with van der Waals surface area (Å²) in [6, 6.07) is 3.49. The fraction of sp³-hybridized carbons (Fsp3) is 0.538. The molecule has 0 aliphatic carbocycles. The van der Waals surface area contributed by atoms with Crippen LogP contribution < -0.4 is 5.73 Å². The van der Waals surface area contributed by atoms with E-state index < -0.39 is 15.8 Å². The van der Waals surface area contributed by atoms with Gasteiger partial charge in [-0.1, -0.05) is 11.6 Å². The number of benzene rings is 1. The third kappa shape index (κ3) is 2.24. The summed E-state index contributed by atoms with van der Waals surface area (Å²) in [5, 5.41) is 0.185. The Morgan fingerprint density at radius 2 is 1.85 bits per heavy atom. The molecule has 1 aromatic carbocycles. The van der Waals surface area contributed by atoms with E-state index in [0.717, 1.165) is 18.9 Å². The van der Waals surface area contributed by atoms with Crippen molar-refractivity contribution in [2.45, 2.75) is 48.7 Å². The van der Waals surface area contributed by atoms with Crippen molar-refractivity contribution in [2.75, 3.05) is 0 Å². The van der Waals surface area contributed by atoms with E-state index in [-0.39, 0.29) is 28.0 Å². The highest BCUT2D eigenvalue weighted by Crippen LogP contribution is 2.39. The van der Waals surface area contributed by atoms with Crippen LogP contribution in [-0.4, -0.2) is 30.8 Å². The highest BCUT2D eigenvalue weighted by Gasteiger charge is 2.47. The molecule has 110 valence electrons. The van der Waals surface area contributed by atoms with Crippen LogP contribution in [0.2, 0.25) is 5.02 Å². The fourth-order valence-corrected chi connectivity index (χ4v) is 5.47. The SMILES string of the molecule is NC1CC2CCC(C1)N2S(=O)(=O)c1ccc(Cl)cc1F. The smallest absolute Gasteiger partial charge is 0.246 e. The van der Waals surface area contributed by atoms with Gasteiger partial charge in [-0.25, -0.2) is 12.8 Å². The zero-order valence-corrected chi connectivity index (χ0v) is 12.4. The van der Waals surface area contributed by atoms with Crippen LogP contribution in [0.4, 0.5) is 4.39 Å². The second kappa shape index (κ2) is 4.94. The largest absolute Gasteiger partial charge is 0.328 e. The van der Waals surface area contributed by atoms with E-state index in [4.69, 9.17) is 17.3 Å². The first-order chi connectivity index (χ1) is 9.39. The zero-order chi connectivity index (χ0) is 14.5. The van der Waals surface area contributed by atoms with Gasteiger partial charge in [0, 0.05) is 23.1 Å². The molecule has 7 heteroatoms. The topological polar surface area (TPSA) is 63.4 Å². The van der Waals surface area contributed by atoms with Gasteiger partial charge in [0.15, 0.2) is 0 Å². The standard InChI is InChI=1S/C13H16ClFN2O2S/c14-8-1-4-13(12(15)5-8)20(18,19)17-10-2-3-11(17)7-9(16)6-10/h1,4-5,9-11H,2-3,6-7,16H2. The Morgan fingerprint density at radius 1 is 1.25 bits per heavy atom. The molecule has 20 heavy (non-hydrogen) atoms. The molecule has 2 aliphatic heterocycles. The van der Waals surface area contributed by atoms with E-state index in [2.05, 4.69) is 0 Å². The molecule has 2 heterocycles. The van der Waals surface area contributed by atoms with Gasteiger partial charge >= 0.3 is 0 Å². The molecule has 2 N–H and O–H groups in total. The molecule has 0 aromatic heterocycles. The van der Waals surface area contributed by atoms with Gasteiger partial charge in [0.1, 0.15) is 10.7 Å². The van der Waals surface area contributed by atoms with Gasteiger partial charge in [0.05, 0.1) is 0 Å². The van der Waals surface area contributed by atoms with Gasteiger partial charge in [-0.2, -0.15) is 4.31 Å². The summed E-state index contributed by atoms with van der Waals surface area (Å²) in [6.07, 6.45) is 2.88. The predicted octanol–water partition coefficient (Wildman–Crippen LogP) is 2.12. The van der Waals surface area contributed by atoms with Crippen molar-refractivity contribution in [3.05, 3.63) is 29.0 Å². The van der Waals surface area contributed by atoms with Crippen molar-refractivity contribution >= 4 is 21.6 Å². The normalized spacial score (nSPS) is 30.6. The Bertz CT molecular complexity index is 623. The molecular formula is C13H16ClFN2O2S. The summed E-state index contributed by atoms with van der Waals surface area (Å²) in [7, 11) is -3.82. The van der Waals surface area contributed by atoms with Gasteiger partial charge in [-0.15, -0.1) is 0 Å². The molecule has 2 saturated heterocycles. The van der Waals surface area contributed by atoms with Crippen molar-refractivity contribution in [3.8, 4) is 0 Å². The molecule has 0 radical (unpaired) electrons. The zero-order valence-electron chi connectivity index (χ0n) is 10.8. The average Bonchev–Trinajstić information content (AvgIpc) is 2.62. The maximum absolute atomic E-state index is 13.9. The van der Waals surface area contributed by atoms with E-state index in [1.165, 1.54) is 16.4 Å². The van der Waals surface area contributed by atoms with Gasteiger partial charge in [-0.3, -0.25) is 0 Å². The predicted molar refractivity (Wildman–Crippen MR) is 74.5 cm³/mol. The molecule has 1 aromatic rings. The number of fused-ring (bicyclic) bond motifs is 2. The van der Waals surface area contributed by atoms with Gasteiger partial charge in [-0.05, 0) is 43.9 Å². The average molecular weight is 319 g/mol. The quantitative estimate of drug-likeness (QED) is 0.908. The minimum atomic E-state index is -3.82. The highest BCUT2D eigenvalue weighted by atomic mass is 35.5. The highest BCUT2D eigenvalue weighted by molar-refractivity contribution is 7.89. The molecule has 0 amide bonds. The number of piperidine rings is 1. The van der Waals surface area contributed by atoms with E-state index in [1.54, 1.807) is 0 Å². The lowest BCUT2D eigenvalue weighted by Gasteiger charge is -2.36. The van der Waals surface area contributed by atoms with Crippen molar-refractivity contribution in [1.29, 1.82) is 0 Å². The molecule has 2 bridgehead atoms. The van der Waals surface area contributed by atoms with Gasteiger partial charge in [0.25, 0.3) is 0 Å². The van der Waals surface area contributed by atoms with Crippen LogP contribution in [-0.2, 0) is 10.0 Å². The molecule has 2 aliphatic rings. The number of nitrogens with two attached hydrogens (primary N) is 1. The summed E-state index contributed by atoms with van der Waals surface area (Å²) in [5.74, 6) is -0.799. The van der Waals surface area contributed by atoms with Crippen molar-refractivity contribution in [2.24, 2.45) is 5.73 Å². The molecule has 2 atom stereocenters. The Kier molecular flexibility index (Phi) is 3.52. The van der Waals surface area contributed by atoms with Crippen molar-refractivity contribution in [3.63, 3.8) is 0 Å². The van der Waals surface area contributed by atoms with Gasteiger partial charge < -0.3 is 5.73 Å². The summed E-state index contributed by atoms with van der Waals surface area (Å²) in [5.41, 5.74) is 5.94. The number of sulfonamides is 1. The van der Waals surface area contributed by atoms with Crippen molar-refractivity contribution < 1.29 is 12.8 Å². The molecule has 2 fully saturated rings. The second-order valence-corrected chi connectivity index (χ2v) is 7.77. The number of hydrogen-bond donors (Lipinski definition) is 1. The lowest BCUT2D eigenvalue weighted by Crippen LogP contribution is -2.50. The maximum atomic E-state index is 13.9. The fourth-order valence-electron chi connectivity index (χ4n) is 3.37. The molecule has 4 nitrogen and oxygen atoms in total. The van der Waals surface area contributed by atoms with Crippen LogP contribution in [0.15, 0.2) is 23.1 Å². The van der Waals surface area contributed by atoms with E-state index in [9.17, 15) is 12.8 Å². The summed E-state index contributed by atoms with van der Waals surface area (Å²) >= 11 is 5.68. The van der Waals surface area contributed by atoms with Gasteiger partial charge in [0.2, 0.25) is 10.0 Å². The molecule has 0 spiro atoms.